The van der Waals surface area contributed by atoms with E-state index < -0.39 is 0 Å². The van der Waals surface area contributed by atoms with Gasteiger partial charge in [0.1, 0.15) is 0 Å². The van der Waals surface area contributed by atoms with Crippen molar-refractivity contribution in [2.75, 3.05) is 0 Å². The first-order valence-corrected chi connectivity index (χ1v) is 8.16. The van der Waals surface area contributed by atoms with Crippen LogP contribution in [0.25, 0.3) is 0 Å². The first kappa shape index (κ1) is 15.4. The molecule has 3 rings (SSSR count). The molecule has 112 valence electrons. The van der Waals surface area contributed by atoms with Crippen LogP contribution in [0.1, 0.15) is 17.2 Å². The summed E-state index contributed by atoms with van der Waals surface area (Å²) in [6, 6.07) is 30.1. The van der Waals surface area contributed by atoms with E-state index in [4.69, 9.17) is 4.18 Å². The normalized spacial score (nSPS) is 11.3. The monoisotopic (exact) mass is 316 g/mol. The first-order chi connectivity index (χ1) is 11.4. The minimum absolute atomic E-state index is 0.276. The van der Waals surface area contributed by atoms with Crippen LogP contribution in [0.2, 0.25) is 0 Å². The second kappa shape index (κ2) is 8.24. The van der Waals surface area contributed by atoms with Gasteiger partial charge in [0, 0.05) is 22.5 Å². The third-order valence-electron chi connectivity index (χ3n) is 3.21. The van der Waals surface area contributed by atoms with E-state index in [1.54, 1.807) is 0 Å². The highest BCUT2D eigenvalue weighted by Crippen LogP contribution is 2.27. The number of rotatable bonds is 4. The van der Waals surface area contributed by atoms with E-state index in [9.17, 15) is 0 Å². The Balaban J connectivity index is 1.79. The number of benzene rings is 3. The van der Waals surface area contributed by atoms with Crippen molar-refractivity contribution < 1.29 is 4.18 Å². The van der Waals surface area contributed by atoms with Gasteiger partial charge >= 0.3 is 0 Å². The van der Waals surface area contributed by atoms with Crippen molar-refractivity contribution in [3.63, 3.8) is 0 Å². The van der Waals surface area contributed by atoms with Gasteiger partial charge in [0.05, 0.1) is 0 Å². The van der Waals surface area contributed by atoms with Crippen LogP contribution in [0, 0.1) is 11.8 Å². The molecule has 0 fully saturated rings. The summed E-state index contributed by atoms with van der Waals surface area (Å²) in [4.78, 5) is 1.06. The van der Waals surface area contributed by atoms with Crippen molar-refractivity contribution in [2.45, 2.75) is 11.0 Å². The molecule has 1 atom stereocenters. The maximum Gasteiger partial charge on any atom is 0.158 e. The Morgan fingerprint density at radius 3 is 1.91 bits per heavy atom. The summed E-state index contributed by atoms with van der Waals surface area (Å²) in [5.41, 5.74) is 2.04. The lowest BCUT2D eigenvalue weighted by molar-refractivity contribution is 0.316. The molecule has 3 aromatic rings. The van der Waals surface area contributed by atoms with Crippen LogP contribution in [0.15, 0.2) is 95.9 Å². The molecule has 1 unspecified atom stereocenters. The minimum Gasteiger partial charge on any atom is -0.289 e. The molecule has 0 aliphatic carbocycles. The molecular formula is C21H16OS. The fourth-order valence-corrected chi connectivity index (χ4v) is 2.68. The zero-order valence-corrected chi connectivity index (χ0v) is 13.4. The molecule has 23 heavy (non-hydrogen) atoms. The zero-order chi connectivity index (χ0) is 15.7. The summed E-state index contributed by atoms with van der Waals surface area (Å²) in [5, 5.41) is 0. The van der Waals surface area contributed by atoms with Crippen molar-refractivity contribution in [1.29, 1.82) is 0 Å². The summed E-state index contributed by atoms with van der Waals surface area (Å²) in [6.07, 6.45) is -0.276. The lowest BCUT2D eigenvalue weighted by atomic mass is 10.1. The van der Waals surface area contributed by atoms with Crippen LogP contribution >= 0.6 is 12.0 Å². The predicted molar refractivity (Wildman–Crippen MR) is 95.9 cm³/mol. The third kappa shape index (κ3) is 4.75. The van der Waals surface area contributed by atoms with Gasteiger partial charge in [0.25, 0.3) is 0 Å². The van der Waals surface area contributed by atoms with Crippen LogP contribution < -0.4 is 0 Å². The highest BCUT2D eigenvalue weighted by Gasteiger charge is 2.09. The second-order valence-electron chi connectivity index (χ2n) is 4.92. The molecule has 3 aromatic carbocycles. The Hall–Kier alpha value is -2.47. The summed E-state index contributed by atoms with van der Waals surface area (Å²) < 4.78 is 5.98. The maximum atomic E-state index is 5.98. The van der Waals surface area contributed by atoms with Gasteiger partial charge in [-0.1, -0.05) is 78.6 Å². The number of hydrogen-bond acceptors (Lipinski definition) is 2. The topological polar surface area (TPSA) is 9.23 Å². The average molecular weight is 316 g/mol. The molecule has 0 heterocycles. The molecule has 0 bridgehead atoms. The van der Waals surface area contributed by atoms with E-state index in [0.717, 1.165) is 16.0 Å². The van der Waals surface area contributed by atoms with E-state index in [1.165, 1.54) is 12.0 Å². The molecule has 0 spiro atoms. The van der Waals surface area contributed by atoms with Crippen LogP contribution in [0.5, 0.6) is 0 Å². The van der Waals surface area contributed by atoms with Gasteiger partial charge in [-0.15, -0.1) is 0 Å². The minimum atomic E-state index is -0.276. The summed E-state index contributed by atoms with van der Waals surface area (Å²) in [6.45, 7) is 0. The van der Waals surface area contributed by atoms with Crippen LogP contribution in [0.3, 0.4) is 0 Å². The Labute approximate surface area is 141 Å². The Bertz CT molecular complexity index is 774. The van der Waals surface area contributed by atoms with E-state index in [-0.39, 0.29) is 6.10 Å². The SMILES string of the molecule is C(#CC(OSc1ccccc1)c1ccccc1)c1ccccc1. The quantitative estimate of drug-likeness (QED) is 0.464. The maximum absolute atomic E-state index is 5.98. The van der Waals surface area contributed by atoms with Gasteiger partial charge in [0.15, 0.2) is 6.10 Å². The van der Waals surface area contributed by atoms with Gasteiger partial charge in [-0.3, -0.25) is 4.18 Å². The Morgan fingerprint density at radius 1 is 0.696 bits per heavy atom. The van der Waals surface area contributed by atoms with E-state index in [0.29, 0.717) is 0 Å². The summed E-state index contributed by atoms with van der Waals surface area (Å²) in [7, 11) is 0. The lowest BCUT2D eigenvalue weighted by Gasteiger charge is -2.11. The van der Waals surface area contributed by atoms with Crippen molar-refractivity contribution in [2.24, 2.45) is 0 Å². The molecule has 0 amide bonds. The van der Waals surface area contributed by atoms with Gasteiger partial charge in [0.2, 0.25) is 0 Å². The third-order valence-corrected chi connectivity index (χ3v) is 3.96. The fourth-order valence-electron chi connectivity index (χ4n) is 2.04. The Kier molecular flexibility index (Phi) is 5.53. The highest BCUT2D eigenvalue weighted by atomic mass is 32.2. The smallest absolute Gasteiger partial charge is 0.158 e. The van der Waals surface area contributed by atoms with Crippen molar-refractivity contribution >= 4 is 12.0 Å². The molecule has 0 saturated carbocycles. The lowest BCUT2D eigenvalue weighted by Crippen LogP contribution is -1.97. The molecule has 0 aliphatic heterocycles. The summed E-state index contributed by atoms with van der Waals surface area (Å²) >= 11 is 1.36. The highest BCUT2D eigenvalue weighted by molar-refractivity contribution is 7.94. The fraction of sp³-hybridized carbons (Fsp3) is 0.0476. The largest absolute Gasteiger partial charge is 0.289 e. The molecule has 0 saturated heterocycles. The molecule has 0 aromatic heterocycles. The second-order valence-corrected chi connectivity index (χ2v) is 5.75. The van der Waals surface area contributed by atoms with E-state index in [1.807, 2.05) is 91.0 Å². The van der Waals surface area contributed by atoms with Gasteiger partial charge in [-0.05, 0) is 29.8 Å². The van der Waals surface area contributed by atoms with Crippen LogP contribution in [-0.2, 0) is 4.18 Å². The standard InChI is InChI=1S/C21H16OS/c1-4-10-18(11-5-1)16-17-21(19-12-6-2-7-13-19)22-23-20-14-8-3-9-15-20/h1-15,21H. The molecular weight excluding hydrogens is 300 g/mol. The molecule has 2 heteroatoms. The van der Waals surface area contributed by atoms with Crippen molar-refractivity contribution in [3.8, 4) is 11.8 Å². The van der Waals surface area contributed by atoms with E-state index in [2.05, 4.69) is 11.8 Å². The van der Waals surface area contributed by atoms with E-state index >= 15 is 0 Å². The first-order valence-electron chi connectivity index (χ1n) is 7.42. The average Bonchev–Trinajstić information content (AvgIpc) is 2.64. The predicted octanol–water partition coefficient (Wildman–Crippen LogP) is 5.50. The van der Waals surface area contributed by atoms with Gasteiger partial charge in [-0.2, -0.15) is 0 Å². The molecule has 0 aliphatic rings. The van der Waals surface area contributed by atoms with Gasteiger partial charge < -0.3 is 0 Å². The number of hydrogen-bond donors (Lipinski definition) is 0. The summed E-state index contributed by atoms with van der Waals surface area (Å²) in [5.74, 6) is 6.42. The molecule has 1 nitrogen and oxygen atoms in total. The van der Waals surface area contributed by atoms with Gasteiger partial charge in [-0.25, -0.2) is 0 Å². The molecule has 0 radical (unpaired) electrons. The zero-order valence-electron chi connectivity index (χ0n) is 12.6. The van der Waals surface area contributed by atoms with Crippen molar-refractivity contribution in [3.05, 3.63) is 102 Å². The van der Waals surface area contributed by atoms with Crippen molar-refractivity contribution in [1.82, 2.24) is 0 Å². The van der Waals surface area contributed by atoms with Crippen LogP contribution in [0.4, 0.5) is 0 Å². The molecule has 0 N–H and O–H groups in total. The Morgan fingerprint density at radius 2 is 1.26 bits per heavy atom. The van der Waals surface area contributed by atoms with Crippen LogP contribution in [-0.4, -0.2) is 0 Å².